The maximum absolute atomic E-state index is 12.8. The van der Waals surface area contributed by atoms with Gasteiger partial charge in [-0.15, -0.1) is 11.8 Å². The first-order valence-corrected chi connectivity index (χ1v) is 10.0. The van der Waals surface area contributed by atoms with E-state index in [-0.39, 0.29) is 5.91 Å². The number of benzene rings is 2. The Balaban J connectivity index is 1.67. The molecule has 1 amide bonds. The number of hydrogen-bond acceptors (Lipinski definition) is 3. The summed E-state index contributed by atoms with van der Waals surface area (Å²) in [6, 6.07) is 13.6. The first-order chi connectivity index (χ1) is 11.9. The molecular formula is C19H20Cl2N2OS. The van der Waals surface area contributed by atoms with Crippen LogP contribution in [0, 0.1) is 0 Å². The fourth-order valence-electron chi connectivity index (χ4n) is 2.91. The van der Waals surface area contributed by atoms with Gasteiger partial charge in [0.15, 0.2) is 0 Å². The van der Waals surface area contributed by atoms with Crippen molar-refractivity contribution in [2.45, 2.75) is 30.3 Å². The van der Waals surface area contributed by atoms with Crippen LogP contribution in [-0.2, 0) is 11.3 Å². The predicted octanol–water partition coefficient (Wildman–Crippen LogP) is 5.32. The summed E-state index contributed by atoms with van der Waals surface area (Å²) in [6.45, 7) is 3.66. The van der Waals surface area contributed by atoms with Crippen molar-refractivity contribution in [3.63, 3.8) is 0 Å². The van der Waals surface area contributed by atoms with Crippen LogP contribution in [0.3, 0.4) is 0 Å². The molecule has 0 saturated carbocycles. The molecule has 0 bridgehead atoms. The average molecular weight is 395 g/mol. The maximum Gasteiger partial charge on any atom is 0.244 e. The molecule has 25 heavy (non-hydrogen) atoms. The molecule has 0 spiro atoms. The number of hydrogen-bond donors (Lipinski definition) is 1. The first-order valence-electron chi connectivity index (χ1n) is 8.07. The number of carbonyl (C=O) groups excluding carboxylic acids is 1. The van der Waals surface area contributed by atoms with Gasteiger partial charge in [0.25, 0.3) is 0 Å². The molecule has 2 aromatic rings. The molecule has 3 nitrogen and oxygen atoms in total. The monoisotopic (exact) mass is 394 g/mol. The second kappa shape index (κ2) is 7.58. The number of nitrogens with zero attached hydrogens (tertiary/aromatic N) is 1. The minimum absolute atomic E-state index is 0.0159. The summed E-state index contributed by atoms with van der Waals surface area (Å²) >= 11 is 13.7. The van der Waals surface area contributed by atoms with Gasteiger partial charge in [0, 0.05) is 23.7 Å². The second-order valence-electron chi connectivity index (χ2n) is 6.38. The van der Waals surface area contributed by atoms with Gasteiger partial charge in [0.1, 0.15) is 0 Å². The molecule has 1 N–H and O–H groups in total. The van der Waals surface area contributed by atoms with Crippen molar-refractivity contribution in [2.24, 2.45) is 0 Å². The highest BCUT2D eigenvalue weighted by atomic mass is 35.5. The first kappa shape index (κ1) is 18.6. The summed E-state index contributed by atoms with van der Waals surface area (Å²) in [7, 11) is 0. The van der Waals surface area contributed by atoms with E-state index in [0.717, 1.165) is 19.5 Å². The Bertz CT molecular complexity index is 781. The summed E-state index contributed by atoms with van der Waals surface area (Å²) in [6.07, 6.45) is 2.90. The Morgan fingerprint density at radius 2 is 1.92 bits per heavy atom. The minimum atomic E-state index is -0.510. The molecule has 1 unspecified atom stereocenters. The lowest BCUT2D eigenvalue weighted by molar-refractivity contribution is -0.136. The van der Waals surface area contributed by atoms with E-state index in [4.69, 9.17) is 23.2 Å². The van der Waals surface area contributed by atoms with Crippen molar-refractivity contribution in [3.8, 4) is 0 Å². The highest BCUT2D eigenvalue weighted by molar-refractivity contribution is 7.98. The number of rotatable bonds is 5. The van der Waals surface area contributed by atoms with Gasteiger partial charge in [-0.1, -0.05) is 35.3 Å². The Morgan fingerprint density at radius 3 is 2.48 bits per heavy atom. The number of nitrogens with one attached hydrogen (secondary N) is 1. The van der Waals surface area contributed by atoms with Crippen LogP contribution in [0.5, 0.6) is 0 Å². The quantitative estimate of drug-likeness (QED) is 0.696. The smallest absolute Gasteiger partial charge is 0.244 e. The largest absolute Gasteiger partial charge is 0.324 e. The Morgan fingerprint density at radius 1 is 1.20 bits per heavy atom. The van der Waals surface area contributed by atoms with Gasteiger partial charge >= 0.3 is 0 Å². The van der Waals surface area contributed by atoms with E-state index in [1.165, 1.54) is 10.5 Å². The van der Waals surface area contributed by atoms with Gasteiger partial charge in [0.2, 0.25) is 5.91 Å². The van der Waals surface area contributed by atoms with Crippen LogP contribution < -0.4 is 5.32 Å². The number of amides is 1. The Labute approximate surface area is 162 Å². The highest BCUT2D eigenvalue weighted by Gasteiger charge is 2.46. The van der Waals surface area contributed by atoms with Crippen LogP contribution in [-0.4, -0.2) is 29.1 Å². The summed E-state index contributed by atoms with van der Waals surface area (Å²) in [5, 5.41) is 3.87. The van der Waals surface area contributed by atoms with E-state index in [2.05, 4.69) is 40.7 Å². The van der Waals surface area contributed by atoms with Crippen LogP contribution in [0.2, 0.25) is 10.0 Å². The van der Waals surface area contributed by atoms with Gasteiger partial charge in [-0.25, -0.2) is 0 Å². The van der Waals surface area contributed by atoms with Gasteiger partial charge in [-0.3, -0.25) is 9.69 Å². The number of anilines is 1. The van der Waals surface area contributed by atoms with Crippen molar-refractivity contribution in [1.29, 1.82) is 0 Å². The molecule has 1 aliphatic heterocycles. The van der Waals surface area contributed by atoms with E-state index in [9.17, 15) is 4.79 Å². The molecule has 6 heteroatoms. The van der Waals surface area contributed by atoms with Crippen LogP contribution in [0.25, 0.3) is 0 Å². The number of carbonyl (C=O) groups is 1. The van der Waals surface area contributed by atoms with Crippen LogP contribution >= 0.6 is 35.0 Å². The van der Waals surface area contributed by atoms with Gasteiger partial charge in [0.05, 0.1) is 15.6 Å². The van der Waals surface area contributed by atoms with Crippen molar-refractivity contribution in [2.75, 3.05) is 18.1 Å². The second-order valence-corrected chi connectivity index (χ2v) is 8.07. The molecule has 0 aromatic heterocycles. The van der Waals surface area contributed by atoms with E-state index in [1.54, 1.807) is 30.0 Å². The third kappa shape index (κ3) is 3.98. The van der Waals surface area contributed by atoms with Crippen LogP contribution in [0.4, 0.5) is 5.69 Å². The highest BCUT2D eigenvalue weighted by Crippen LogP contribution is 2.34. The van der Waals surface area contributed by atoms with Gasteiger partial charge in [-0.05, 0) is 55.5 Å². The van der Waals surface area contributed by atoms with E-state index in [0.29, 0.717) is 15.7 Å². The van der Waals surface area contributed by atoms with Crippen LogP contribution in [0.1, 0.15) is 18.9 Å². The predicted molar refractivity (Wildman–Crippen MR) is 107 cm³/mol. The molecule has 0 aliphatic carbocycles. The molecule has 0 radical (unpaired) electrons. The Kier molecular flexibility index (Phi) is 5.64. The lowest BCUT2D eigenvalue weighted by Gasteiger charge is -2.49. The van der Waals surface area contributed by atoms with Crippen molar-refractivity contribution < 1.29 is 4.79 Å². The molecule has 2 aromatic carbocycles. The lowest BCUT2D eigenvalue weighted by atomic mass is 9.85. The Hall–Kier alpha value is -1.20. The SMILES string of the molecule is CSc1ccc(CN2CCC2(C)C(=O)Nc2ccc(Cl)c(Cl)c2)cc1. The lowest BCUT2D eigenvalue weighted by Crippen LogP contribution is -2.63. The zero-order chi connectivity index (χ0) is 18.0. The molecule has 132 valence electrons. The summed E-state index contributed by atoms with van der Waals surface area (Å²) in [5.41, 5.74) is 1.37. The van der Waals surface area contributed by atoms with Gasteiger partial charge in [-0.2, -0.15) is 0 Å². The normalized spacial score (nSPS) is 20.2. The standard InChI is InChI=1S/C19H20Cl2N2OS/c1-19(18(24)22-14-5-8-16(20)17(21)11-14)9-10-23(19)12-13-3-6-15(25-2)7-4-13/h3-8,11H,9-10,12H2,1-2H3,(H,22,24). The average Bonchev–Trinajstić information content (AvgIpc) is 2.61. The zero-order valence-corrected chi connectivity index (χ0v) is 16.5. The number of likely N-dealkylation sites (tertiary alicyclic amines) is 1. The third-order valence-corrected chi connectivity index (χ3v) is 6.25. The summed E-state index contributed by atoms with van der Waals surface area (Å²) in [5.74, 6) is -0.0159. The topological polar surface area (TPSA) is 32.3 Å². The summed E-state index contributed by atoms with van der Waals surface area (Å²) in [4.78, 5) is 16.2. The molecule has 1 fully saturated rings. The van der Waals surface area contributed by atoms with E-state index in [1.807, 2.05) is 6.92 Å². The number of thioether (sulfide) groups is 1. The maximum atomic E-state index is 12.8. The fourth-order valence-corrected chi connectivity index (χ4v) is 3.61. The molecular weight excluding hydrogens is 375 g/mol. The van der Waals surface area contributed by atoms with Crippen LogP contribution in [0.15, 0.2) is 47.4 Å². The molecule has 1 heterocycles. The molecule has 1 atom stereocenters. The summed E-state index contributed by atoms with van der Waals surface area (Å²) < 4.78 is 0. The third-order valence-electron chi connectivity index (χ3n) is 4.77. The zero-order valence-electron chi connectivity index (χ0n) is 14.2. The van der Waals surface area contributed by atoms with E-state index < -0.39 is 5.54 Å². The van der Waals surface area contributed by atoms with Gasteiger partial charge < -0.3 is 5.32 Å². The van der Waals surface area contributed by atoms with E-state index >= 15 is 0 Å². The fraction of sp³-hybridized carbons (Fsp3) is 0.316. The van der Waals surface area contributed by atoms with Crippen molar-refractivity contribution in [1.82, 2.24) is 4.90 Å². The molecule has 3 rings (SSSR count). The minimum Gasteiger partial charge on any atom is -0.324 e. The van der Waals surface area contributed by atoms with Crippen molar-refractivity contribution >= 4 is 46.6 Å². The molecule has 1 aliphatic rings. The van der Waals surface area contributed by atoms with Crippen molar-refractivity contribution in [3.05, 3.63) is 58.1 Å². The number of halogens is 2. The molecule has 1 saturated heterocycles.